The van der Waals surface area contributed by atoms with Crippen molar-refractivity contribution in [3.05, 3.63) is 35.6 Å². The van der Waals surface area contributed by atoms with Crippen LogP contribution in [0.5, 0.6) is 0 Å². The number of nitrogens with zero attached hydrogens (tertiary/aromatic N) is 1. The number of benzene rings is 1. The molecule has 1 aliphatic rings. The van der Waals surface area contributed by atoms with Crippen LogP contribution >= 0.6 is 0 Å². The molecule has 1 aromatic carbocycles. The number of hydrogen-bond acceptors (Lipinski definition) is 2. The molecule has 1 saturated heterocycles. The van der Waals surface area contributed by atoms with E-state index in [-0.39, 0.29) is 23.7 Å². The molecule has 0 aliphatic carbocycles. The largest absolute Gasteiger partial charge is 0.377 e. The monoisotopic (exact) mass is 279 g/mol. The molecule has 2 rings (SSSR count). The van der Waals surface area contributed by atoms with Gasteiger partial charge in [0.15, 0.2) is 0 Å². The number of rotatable bonds is 4. The van der Waals surface area contributed by atoms with Gasteiger partial charge in [0, 0.05) is 12.5 Å². The van der Waals surface area contributed by atoms with Gasteiger partial charge in [0.05, 0.1) is 19.3 Å². The predicted octanol–water partition coefficient (Wildman–Crippen LogP) is 3.16. The van der Waals surface area contributed by atoms with Crippen LogP contribution in [0.1, 0.15) is 38.3 Å². The van der Waals surface area contributed by atoms with Crippen molar-refractivity contribution >= 4 is 5.91 Å². The Labute approximate surface area is 119 Å². The second kappa shape index (κ2) is 6.84. The van der Waals surface area contributed by atoms with Crippen LogP contribution < -0.4 is 0 Å². The maximum atomic E-state index is 13.0. The highest BCUT2D eigenvalue weighted by Crippen LogP contribution is 2.27. The van der Waals surface area contributed by atoms with Crippen molar-refractivity contribution in [1.29, 1.82) is 0 Å². The van der Waals surface area contributed by atoms with Crippen molar-refractivity contribution in [3.63, 3.8) is 0 Å². The number of halogens is 1. The molecule has 0 aromatic heterocycles. The lowest BCUT2D eigenvalue weighted by Gasteiger charge is -2.37. The molecule has 1 unspecified atom stereocenters. The zero-order valence-corrected chi connectivity index (χ0v) is 12.1. The molecular formula is C16H22FNO2. The van der Waals surface area contributed by atoms with Crippen molar-refractivity contribution in [2.24, 2.45) is 5.92 Å². The van der Waals surface area contributed by atoms with Crippen LogP contribution in [0.15, 0.2) is 24.3 Å². The van der Waals surface area contributed by atoms with Gasteiger partial charge in [-0.15, -0.1) is 0 Å². The third-order valence-corrected chi connectivity index (χ3v) is 4.00. The molecule has 4 heteroatoms. The summed E-state index contributed by atoms with van der Waals surface area (Å²) in [6, 6.07) is 6.24. The number of ether oxygens (including phenoxy) is 1. The molecule has 1 heterocycles. The van der Waals surface area contributed by atoms with Gasteiger partial charge in [-0.05, 0) is 30.5 Å². The summed E-state index contributed by atoms with van der Waals surface area (Å²) in [6.45, 7) is 5.75. The minimum Gasteiger partial charge on any atom is -0.377 e. The number of carbonyl (C=O) groups excluding carboxylic acids is 1. The number of hydrogen-bond donors (Lipinski definition) is 0. The normalized spacial score (nSPS) is 19.4. The van der Waals surface area contributed by atoms with E-state index in [0.717, 1.165) is 18.4 Å². The zero-order chi connectivity index (χ0) is 14.5. The second-order valence-corrected chi connectivity index (χ2v) is 5.19. The lowest BCUT2D eigenvalue weighted by molar-refractivity contribution is -0.144. The van der Waals surface area contributed by atoms with Crippen molar-refractivity contribution in [2.75, 3.05) is 19.8 Å². The van der Waals surface area contributed by atoms with Gasteiger partial charge in [0.25, 0.3) is 0 Å². The lowest BCUT2D eigenvalue weighted by atomic mass is 9.98. The Bertz CT molecular complexity index is 442. The molecule has 1 amide bonds. The van der Waals surface area contributed by atoms with Gasteiger partial charge in [-0.25, -0.2) is 4.39 Å². The zero-order valence-electron chi connectivity index (χ0n) is 12.1. The Morgan fingerprint density at radius 1 is 1.35 bits per heavy atom. The maximum Gasteiger partial charge on any atom is 0.226 e. The summed E-state index contributed by atoms with van der Waals surface area (Å²) in [5, 5.41) is 0. The number of amides is 1. The fourth-order valence-electron chi connectivity index (χ4n) is 2.70. The first kappa shape index (κ1) is 15.0. The first-order valence-electron chi connectivity index (χ1n) is 7.31. The molecule has 110 valence electrons. The van der Waals surface area contributed by atoms with Crippen LogP contribution in [0, 0.1) is 11.7 Å². The van der Waals surface area contributed by atoms with Crippen LogP contribution in [-0.2, 0) is 9.53 Å². The molecule has 20 heavy (non-hydrogen) atoms. The second-order valence-electron chi connectivity index (χ2n) is 5.19. The number of carbonyl (C=O) groups is 1. The Hall–Kier alpha value is -1.42. The third-order valence-electron chi connectivity index (χ3n) is 4.00. The van der Waals surface area contributed by atoms with E-state index in [4.69, 9.17) is 4.74 Å². The van der Waals surface area contributed by atoms with Gasteiger partial charge < -0.3 is 9.64 Å². The van der Waals surface area contributed by atoms with Crippen LogP contribution in [0.4, 0.5) is 4.39 Å². The third kappa shape index (κ3) is 3.18. The fraction of sp³-hybridized carbons (Fsp3) is 0.562. The van der Waals surface area contributed by atoms with E-state index < -0.39 is 0 Å². The molecular weight excluding hydrogens is 257 g/mol. The minimum absolute atomic E-state index is 0.0658. The van der Waals surface area contributed by atoms with Crippen molar-refractivity contribution in [2.45, 2.75) is 32.7 Å². The van der Waals surface area contributed by atoms with E-state index in [2.05, 4.69) is 0 Å². The molecule has 1 aliphatic heterocycles. The highest BCUT2D eigenvalue weighted by molar-refractivity contribution is 5.79. The van der Waals surface area contributed by atoms with Crippen molar-refractivity contribution < 1.29 is 13.9 Å². The molecule has 0 bridgehead atoms. The highest BCUT2D eigenvalue weighted by atomic mass is 19.1. The standard InChI is InChI=1S/C16H22FNO2/c1-3-12(4-2)16(19)18-9-10-20-11-15(18)13-5-7-14(17)8-6-13/h5-8,12,15H,3-4,9-11H2,1-2H3. The minimum atomic E-state index is -0.261. The van der Waals surface area contributed by atoms with Crippen LogP contribution in [0.3, 0.4) is 0 Å². The average Bonchev–Trinajstić information content (AvgIpc) is 2.49. The summed E-state index contributed by atoms with van der Waals surface area (Å²) in [7, 11) is 0. The van der Waals surface area contributed by atoms with E-state index in [1.165, 1.54) is 12.1 Å². The summed E-state index contributed by atoms with van der Waals surface area (Å²) in [4.78, 5) is 14.5. The van der Waals surface area contributed by atoms with Gasteiger partial charge in [-0.3, -0.25) is 4.79 Å². The summed E-state index contributed by atoms with van der Waals surface area (Å²) < 4.78 is 18.5. The van der Waals surface area contributed by atoms with E-state index in [1.807, 2.05) is 18.7 Å². The van der Waals surface area contributed by atoms with Gasteiger partial charge in [-0.1, -0.05) is 26.0 Å². The van der Waals surface area contributed by atoms with Gasteiger partial charge in [0.1, 0.15) is 5.82 Å². The molecule has 3 nitrogen and oxygen atoms in total. The molecule has 0 saturated carbocycles. The van der Waals surface area contributed by atoms with E-state index in [1.54, 1.807) is 12.1 Å². The summed E-state index contributed by atoms with van der Waals surface area (Å²) in [5.74, 6) is -0.00739. The molecule has 0 spiro atoms. The first-order chi connectivity index (χ1) is 9.67. The average molecular weight is 279 g/mol. The SMILES string of the molecule is CCC(CC)C(=O)N1CCOCC1c1ccc(F)cc1. The Morgan fingerprint density at radius 2 is 2.00 bits per heavy atom. The molecule has 0 radical (unpaired) electrons. The van der Waals surface area contributed by atoms with Crippen molar-refractivity contribution in [3.8, 4) is 0 Å². The lowest BCUT2D eigenvalue weighted by Crippen LogP contribution is -2.45. The predicted molar refractivity (Wildman–Crippen MR) is 75.7 cm³/mol. The number of morpholine rings is 1. The summed E-state index contributed by atoms with van der Waals surface area (Å²) >= 11 is 0. The molecule has 1 atom stereocenters. The highest BCUT2D eigenvalue weighted by Gasteiger charge is 2.31. The van der Waals surface area contributed by atoms with E-state index in [0.29, 0.717) is 19.8 Å². The molecule has 0 N–H and O–H groups in total. The first-order valence-corrected chi connectivity index (χ1v) is 7.31. The van der Waals surface area contributed by atoms with Crippen LogP contribution in [0.25, 0.3) is 0 Å². The Kier molecular flexibility index (Phi) is 5.12. The van der Waals surface area contributed by atoms with Gasteiger partial charge in [0.2, 0.25) is 5.91 Å². The van der Waals surface area contributed by atoms with Crippen LogP contribution in [-0.4, -0.2) is 30.6 Å². The summed E-state index contributed by atoms with van der Waals surface area (Å²) in [5.41, 5.74) is 0.936. The Morgan fingerprint density at radius 3 is 2.60 bits per heavy atom. The van der Waals surface area contributed by atoms with Gasteiger partial charge in [-0.2, -0.15) is 0 Å². The molecule has 1 aromatic rings. The van der Waals surface area contributed by atoms with Crippen LogP contribution in [0.2, 0.25) is 0 Å². The Balaban J connectivity index is 2.20. The van der Waals surface area contributed by atoms with Gasteiger partial charge >= 0.3 is 0 Å². The topological polar surface area (TPSA) is 29.5 Å². The fourth-order valence-corrected chi connectivity index (χ4v) is 2.70. The van der Waals surface area contributed by atoms with E-state index >= 15 is 0 Å². The summed E-state index contributed by atoms with van der Waals surface area (Å²) in [6.07, 6.45) is 1.70. The quantitative estimate of drug-likeness (QED) is 0.847. The molecule has 1 fully saturated rings. The van der Waals surface area contributed by atoms with Crippen molar-refractivity contribution in [1.82, 2.24) is 4.90 Å². The smallest absolute Gasteiger partial charge is 0.226 e. The maximum absolute atomic E-state index is 13.0. The van der Waals surface area contributed by atoms with E-state index in [9.17, 15) is 9.18 Å².